The quantitative estimate of drug-likeness (QED) is 0.0252. The number of aromatic nitrogens is 4. The molecule has 0 radical (unpaired) electrons. The van der Waals surface area contributed by atoms with Crippen molar-refractivity contribution in [2.24, 2.45) is 27.7 Å². The van der Waals surface area contributed by atoms with E-state index in [4.69, 9.17) is 31.0 Å². The molecule has 22 nitrogen and oxygen atoms in total. The zero-order valence-electron chi connectivity index (χ0n) is 46.1. The SMILES string of the molecule is Cc1c(-c2ccc(N3CCc4cccc(C(=O)Nc5nc6ccccc6s5)c4C3)nc2C(=O)O)cnn1CC12CC3(C)CC(C)(C1)CC(OCCN(CCS(=O)(=O)O)C(=O)OCc1ccc(NC(=O)[C@@H](N)CCCNC(N)=O)cc1)(C3)C2. The molecule has 5 amide bonds. The van der Waals surface area contributed by atoms with E-state index < -0.39 is 51.5 Å². The fourth-order valence-corrected chi connectivity index (χ4v) is 15.4. The zero-order valence-corrected chi connectivity index (χ0v) is 47.7. The van der Waals surface area contributed by atoms with E-state index in [0.717, 1.165) is 59.1 Å². The van der Waals surface area contributed by atoms with Crippen LogP contribution in [0.4, 0.5) is 26.2 Å². The first-order valence-electron chi connectivity index (χ1n) is 27.5. The first-order chi connectivity index (χ1) is 39.0. The molecule has 4 fully saturated rings. The number of carbonyl (C=O) groups is 5. The van der Waals surface area contributed by atoms with Gasteiger partial charge in [-0.05, 0) is 140 Å². The van der Waals surface area contributed by atoms with Crippen molar-refractivity contribution in [3.63, 3.8) is 0 Å². The molecule has 3 aromatic heterocycles. The molecule has 9 N–H and O–H groups in total. The number of primary amides is 1. The molecule has 24 heteroatoms. The van der Waals surface area contributed by atoms with Gasteiger partial charge in [0.1, 0.15) is 12.4 Å². The summed E-state index contributed by atoms with van der Waals surface area (Å²) in [7, 11) is -4.43. The largest absolute Gasteiger partial charge is 0.476 e. The molecule has 6 aromatic rings. The molecule has 4 bridgehead atoms. The van der Waals surface area contributed by atoms with Crippen molar-refractivity contribution in [1.29, 1.82) is 0 Å². The van der Waals surface area contributed by atoms with Crippen molar-refractivity contribution < 1.29 is 51.5 Å². The van der Waals surface area contributed by atoms with Crippen LogP contribution in [0.25, 0.3) is 21.3 Å². The minimum absolute atomic E-state index is 0.00421. The maximum atomic E-state index is 13.8. The number of carboxylic acid groups (broad SMARTS) is 1. The Bertz CT molecular complexity index is 3500. The second-order valence-electron chi connectivity index (χ2n) is 23.5. The number of hydrogen-bond donors (Lipinski definition) is 7. The Morgan fingerprint density at radius 1 is 0.890 bits per heavy atom. The molecule has 5 aliphatic rings. The third kappa shape index (κ3) is 13.1. The van der Waals surface area contributed by atoms with Crippen LogP contribution in [0.2, 0.25) is 0 Å². The highest BCUT2D eigenvalue weighted by molar-refractivity contribution is 7.85. The molecular weight excluding hydrogens is 1090 g/mol. The van der Waals surface area contributed by atoms with Gasteiger partial charge in [0, 0.05) is 67.3 Å². The van der Waals surface area contributed by atoms with Gasteiger partial charge in [0.2, 0.25) is 5.91 Å². The molecule has 3 aromatic carbocycles. The van der Waals surface area contributed by atoms with Gasteiger partial charge >= 0.3 is 18.1 Å². The lowest BCUT2D eigenvalue weighted by molar-refractivity contribution is -0.248. The molecule has 82 heavy (non-hydrogen) atoms. The number of nitrogens with zero attached hydrogens (tertiary/aromatic N) is 6. The van der Waals surface area contributed by atoms with Crippen LogP contribution >= 0.6 is 11.3 Å². The molecule has 0 saturated heterocycles. The van der Waals surface area contributed by atoms with E-state index in [1.807, 2.05) is 59.0 Å². The van der Waals surface area contributed by atoms with Crippen molar-refractivity contribution in [2.75, 3.05) is 54.1 Å². The van der Waals surface area contributed by atoms with E-state index in [2.05, 4.69) is 34.8 Å². The molecule has 2 unspecified atom stereocenters. The van der Waals surface area contributed by atoms with E-state index in [9.17, 15) is 42.0 Å². The minimum atomic E-state index is -4.43. The van der Waals surface area contributed by atoms with Gasteiger partial charge in [0.05, 0.1) is 40.4 Å². The number of fused-ring (bicyclic) bond motifs is 2. The molecule has 4 aliphatic carbocycles. The van der Waals surface area contributed by atoms with Gasteiger partial charge in [-0.3, -0.25) is 24.1 Å². The first kappa shape index (κ1) is 57.7. The summed E-state index contributed by atoms with van der Waals surface area (Å²) in [4.78, 5) is 76.5. The fourth-order valence-electron chi connectivity index (χ4n) is 14.1. The van der Waals surface area contributed by atoms with Gasteiger partial charge in [0.25, 0.3) is 16.0 Å². The van der Waals surface area contributed by atoms with E-state index in [1.165, 1.54) is 16.2 Å². The van der Waals surface area contributed by atoms with Crippen molar-refractivity contribution in [3.05, 3.63) is 119 Å². The van der Waals surface area contributed by atoms with Gasteiger partial charge in [-0.1, -0.05) is 61.6 Å². The third-order valence-electron chi connectivity index (χ3n) is 16.5. The zero-order chi connectivity index (χ0) is 58.2. The maximum absolute atomic E-state index is 13.8. The van der Waals surface area contributed by atoms with Crippen LogP contribution in [-0.2, 0) is 50.5 Å². The van der Waals surface area contributed by atoms with Gasteiger partial charge in [-0.25, -0.2) is 24.4 Å². The Labute approximate surface area is 479 Å². The van der Waals surface area contributed by atoms with Crippen LogP contribution in [0, 0.1) is 23.2 Å². The minimum Gasteiger partial charge on any atom is -0.476 e. The predicted molar refractivity (Wildman–Crippen MR) is 309 cm³/mol. The summed E-state index contributed by atoms with van der Waals surface area (Å²) in [6.45, 7) is 7.94. The van der Waals surface area contributed by atoms with Crippen LogP contribution in [0.15, 0.2) is 85.1 Å². The number of hydrogen-bond acceptors (Lipinski definition) is 15. The number of nitrogens with two attached hydrogens (primary N) is 2. The first-order valence-corrected chi connectivity index (χ1v) is 29.9. The number of aromatic carboxylic acids is 1. The summed E-state index contributed by atoms with van der Waals surface area (Å²) in [5.41, 5.74) is 16.2. The number of urea groups is 1. The van der Waals surface area contributed by atoms with Gasteiger partial charge < -0.3 is 46.5 Å². The predicted octanol–water partition coefficient (Wildman–Crippen LogP) is 7.75. The summed E-state index contributed by atoms with van der Waals surface area (Å²) >= 11 is 1.41. The molecule has 4 heterocycles. The van der Waals surface area contributed by atoms with E-state index in [-0.39, 0.29) is 60.7 Å². The number of thiazole rings is 1. The van der Waals surface area contributed by atoms with Gasteiger partial charge in [-0.2, -0.15) is 13.5 Å². The van der Waals surface area contributed by atoms with Crippen molar-refractivity contribution in [1.82, 2.24) is 30.0 Å². The number of amides is 5. The second kappa shape index (κ2) is 23.0. The van der Waals surface area contributed by atoms with Crippen LogP contribution in [0.1, 0.15) is 108 Å². The number of ether oxygens (including phenoxy) is 2. The number of carboxylic acids is 1. The monoisotopic (exact) mass is 1160 g/mol. The molecule has 0 spiro atoms. The van der Waals surface area contributed by atoms with E-state index in [1.54, 1.807) is 42.6 Å². The number of anilines is 3. The summed E-state index contributed by atoms with van der Waals surface area (Å²) in [6.07, 6.45) is 7.53. The maximum Gasteiger partial charge on any atom is 0.410 e. The van der Waals surface area contributed by atoms with Crippen LogP contribution in [0.5, 0.6) is 0 Å². The second-order valence-corrected chi connectivity index (χ2v) is 26.1. The Morgan fingerprint density at radius 3 is 2.37 bits per heavy atom. The topological polar surface area (TPSA) is 317 Å². The molecular formula is C58H69N11O11S2. The highest BCUT2D eigenvalue weighted by Crippen LogP contribution is 2.72. The van der Waals surface area contributed by atoms with Crippen molar-refractivity contribution >= 4 is 78.2 Å². The highest BCUT2D eigenvalue weighted by Gasteiger charge is 2.66. The molecule has 11 rings (SSSR count). The summed E-state index contributed by atoms with van der Waals surface area (Å²) in [5.74, 6) is -2.08. The fraction of sp³-hybridized carbons (Fsp3) is 0.448. The Hall–Kier alpha value is -7.51. The summed E-state index contributed by atoms with van der Waals surface area (Å²) in [5, 5.41) is 24.3. The highest BCUT2D eigenvalue weighted by atomic mass is 32.2. The number of rotatable bonds is 22. The van der Waals surface area contributed by atoms with Crippen LogP contribution in [0.3, 0.4) is 0 Å². The Morgan fingerprint density at radius 2 is 1.65 bits per heavy atom. The van der Waals surface area contributed by atoms with E-state index >= 15 is 0 Å². The number of pyridine rings is 1. The Balaban J connectivity index is 0.789. The van der Waals surface area contributed by atoms with Crippen LogP contribution < -0.4 is 32.3 Å². The molecule has 4 saturated carbocycles. The van der Waals surface area contributed by atoms with Crippen molar-refractivity contribution in [3.8, 4) is 11.1 Å². The van der Waals surface area contributed by atoms with E-state index in [0.29, 0.717) is 84.2 Å². The summed E-state index contributed by atoms with van der Waals surface area (Å²) < 4.78 is 49.0. The smallest absolute Gasteiger partial charge is 0.410 e. The number of para-hydroxylation sites is 1. The standard InChI is InChI=1S/C58H69N11O11S2/c1-36-42(40-17-18-47(65-48(40)51(72)73)68-21-19-38-8-6-9-41(43(38)27-68)49(70)66-53-64-45-11-4-5-12-46(45)81-53)26-62-69(36)35-57-30-55(2)29-56(3,31-57)33-58(32-55,34-57)80-24-22-67(23-25-82(76,77)78)54(75)79-28-37-13-15-39(16-14-37)63-50(71)44(59)10-7-20-61-52(60)74/h4-6,8-9,11-18,26,44H,7,10,19-25,27-35,59H2,1-3H3,(H,63,71)(H,72,73)(H3,60,61,74)(H,64,66,70)(H,76,77,78)/t44-,55?,56?,57?,58?/m0/s1. The number of nitrogens with one attached hydrogen (secondary N) is 3. The van der Waals surface area contributed by atoms with Crippen LogP contribution in [-0.4, -0.2) is 123 Å². The molecule has 1 aliphatic heterocycles. The lowest BCUT2D eigenvalue weighted by Gasteiger charge is -2.69. The Kier molecular flexibility index (Phi) is 16.2. The summed E-state index contributed by atoms with van der Waals surface area (Å²) in [6, 6.07) is 22.1. The number of carbonyl (C=O) groups excluding carboxylic acids is 4. The third-order valence-corrected chi connectivity index (χ3v) is 18.2. The van der Waals surface area contributed by atoms with Gasteiger partial charge in [0.15, 0.2) is 10.8 Å². The van der Waals surface area contributed by atoms with Gasteiger partial charge in [-0.15, -0.1) is 0 Å². The molecule has 3 atom stereocenters. The average molecular weight is 1160 g/mol. The normalized spacial score (nSPS) is 22.1. The lowest BCUT2D eigenvalue weighted by atomic mass is 9.39. The molecule has 434 valence electrons. The van der Waals surface area contributed by atoms with Crippen molar-refractivity contribution in [2.45, 2.75) is 110 Å². The number of benzene rings is 3. The lowest BCUT2D eigenvalue weighted by Crippen LogP contribution is -2.64. The average Bonchev–Trinajstić information content (AvgIpc) is 0.947.